The highest BCUT2D eigenvalue weighted by molar-refractivity contribution is 6.32. The second-order valence-corrected chi connectivity index (χ2v) is 9.83. The number of amides is 1. The lowest BCUT2D eigenvalue weighted by Gasteiger charge is -2.48. The van der Waals surface area contributed by atoms with E-state index in [1.54, 1.807) is 18.1 Å². The summed E-state index contributed by atoms with van der Waals surface area (Å²) in [4.78, 5) is 24.7. The molecule has 3 aromatic rings. The van der Waals surface area contributed by atoms with Crippen molar-refractivity contribution in [2.45, 2.75) is 18.6 Å². The lowest BCUT2D eigenvalue weighted by atomic mass is 9.92. The summed E-state index contributed by atoms with van der Waals surface area (Å²) < 4.78 is 7.36. The third-order valence-electron chi connectivity index (χ3n) is 7.24. The third-order valence-corrected chi connectivity index (χ3v) is 7.55. The zero-order valence-electron chi connectivity index (χ0n) is 20.8. The van der Waals surface area contributed by atoms with Crippen LogP contribution in [0.2, 0.25) is 5.02 Å². The van der Waals surface area contributed by atoms with Crippen molar-refractivity contribution in [3.05, 3.63) is 47.9 Å². The van der Waals surface area contributed by atoms with Crippen molar-refractivity contribution in [2.24, 2.45) is 13.0 Å². The smallest absolute Gasteiger partial charge is 0.246 e. The zero-order valence-corrected chi connectivity index (χ0v) is 21.6. The number of hydrogen-bond acceptors (Lipinski definition) is 7. The number of halogens is 1. The van der Waals surface area contributed by atoms with Crippen LogP contribution in [0.4, 0.5) is 5.82 Å². The van der Waals surface area contributed by atoms with Gasteiger partial charge in [-0.25, -0.2) is 9.97 Å². The average molecular weight is 521 g/mol. The maximum atomic E-state index is 12.1. The normalized spacial score (nSPS) is 20.3. The van der Waals surface area contributed by atoms with E-state index in [0.717, 1.165) is 35.3 Å². The van der Waals surface area contributed by atoms with Gasteiger partial charge in [-0.15, -0.1) is 0 Å². The first kappa shape index (κ1) is 25.1. The molecule has 10 heteroatoms. The summed E-state index contributed by atoms with van der Waals surface area (Å²) in [5.74, 6) is 7.73. The highest BCUT2D eigenvalue weighted by atomic mass is 35.5. The number of nitrogens with zero attached hydrogens (tertiary/aromatic N) is 5. The molecule has 0 unspecified atom stereocenters. The van der Waals surface area contributed by atoms with Gasteiger partial charge in [-0.05, 0) is 36.1 Å². The maximum Gasteiger partial charge on any atom is 0.246 e. The number of carbonyl (C=O) groups is 1. The van der Waals surface area contributed by atoms with Crippen molar-refractivity contribution in [3.8, 4) is 28.7 Å². The Balaban J connectivity index is 1.43. The largest absolute Gasteiger partial charge is 0.495 e. The van der Waals surface area contributed by atoms with Gasteiger partial charge in [0, 0.05) is 44.7 Å². The predicted molar refractivity (Wildman–Crippen MR) is 143 cm³/mol. The van der Waals surface area contributed by atoms with Crippen LogP contribution in [0.3, 0.4) is 0 Å². The molecule has 0 spiro atoms. The molecule has 0 saturated carbocycles. The molecule has 2 fully saturated rings. The number of ether oxygens (including phenoxy) is 1. The third kappa shape index (κ3) is 4.53. The Kier molecular flexibility index (Phi) is 6.82. The fourth-order valence-corrected chi connectivity index (χ4v) is 5.37. The lowest BCUT2D eigenvalue weighted by Crippen LogP contribution is -2.62. The first-order chi connectivity index (χ1) is 17.8. The number of methoxy groups -OCH3 is 1. The number of nitrogens with two attached hydrogens (primary N) is 1. The fraction of sp³-hybridized carbons (Fsp3) is 0.370. The van der Waals surface area contributed by atoms with Crippen molar-refractivity contribution < 1.29 is 14.6 Å². The van der Waals surface area contributed by atoms with E-state index in [9.17, 15) is 9.90 Å². The lowest BCUT2D eigenvalue weighted by molar-refractivity contribution is -0.131. The van der Waals surface area contributed by atoms with E-state index in [-0.39, 0.29) is 17.9 Å². The van der Waals surface area contributed by atoms with Crippen molar-refractivity contribution in [2.75, 3.05) is 39.0 Å². The van der Waals surface area contributed by atoms with Crippen LogP contribution in [0.5, 0.6) is 5.75 Å². The Morgan fingerprint density at radius 1 is 1.32 bits per heavy atom. The highest BCUT2D eigenvalue weighted by Gasteiger charge is 2.39. The number of aliphatic hydroxyl groups excluding tert-OH is 1. The molecular weight excluding hydrogens is 492 g/mol. The van der Waals surface area contributed by atoms with Crippen LogP contribution < -0.4 is 10.5 Å². The number of aromatic nitrogens is 3. The van der Waals surface area contributed by atoms with E-state index in [0.29, 0.717) is 41.7 Å². The van der Waals surface area contributed by atoms with Gasteiger partial charge in [-0.3, -0.25) is 9.69 Å². The molecule has 0 radical (unpaired) electrons. The van der Waals surface area contributed by atoms with Gasteiger partial charge < -0.3 is 25.0 Å². The Bertz CT molecular complexity index is 1440. The Morgan fingerprint density at radius 2 is 2.11 bits per heavy atom. The zero-order chi connectivity index (χ0) is 26.3. The van der Waals surface area contributed by atoms with Gasteiger partial charge in [0.2, 0.25) is 5.91 Å². The molecule has 2 atom stereocenters. The van der Waals surface area contributed by atoms with Crippen LogP contribution >= 0.6 is 11.6 Å². The number of hydrogen-bond donors (Lipinski definition) is 2. The Morgan fingerprint density at radius 3 is 2.84 bits per heavy atom. The van der Waals surface area contributed by atoms with Gasteiger partial charge in [-0.1, -0.05) is 30.2 Å². The molecule has 2 aromatic heterocycles. The maximum absolute atomic E-state index is 12.1. The molecule has 2 aliphatic heterocycles. The monoisotopic (exact) mass is 520 g/mol. The van der Waals surface area contributed by atoms with Crippen LogP contribution in [0, 0.1) is 17.8 Å². The summed E-state index contributed by atoms with van der Waals surface area (Å²) in [5.41, 5.74) is 9.43. The number of anilines is 1. The average Bonchev–Trinajstić information content (AvgIpc) is 3.16. The van der Waals surface area contributed by atoms with E-state index in [2.05, 4.69) is 33.3 Å². The Labute approximate surface area is 220 Å². The number of nitrogen functional groups attached to an aromatic ring is 1. The molecule has 3 N–H and O–H groups in total. The van der Waals surface area contributed by atoms with Crippen LogP contribution in [0.1, 0.15) is 12.1 Å². The van der Waals surface area contributed by atoms with E-state index >= 15 is 0 Å². The minimum Gasteiger partial charge on any atom is -0.495 e. The molecular formula is C27H29ClN6O3. The molecule has 9 nitrogen and oxygen atoms in total. The summed E-state index contributed by atoms with van der Waals surface area (Å²) in [5, 5.41) is 11.8. The van der Waals surface area contributed by atoms with Crippen LogP contribution in [0.25, 0.3) is 22.2 Å². The molecule has 0 bridgehead atoms. The van der Waals surface area contributed by atoms with Gasteiger partial charge in [0.1, 0.15) is 29.2 Å². The number of fused-ring (bicyclic) bond motifs is 1. The van der Waals surface area contributed by atoms with E-state index in [4.69, 9.17) is 22.1 Å². The van der Waals surface area contributed by atoms with E-state index < -0.39 is 6.10 Å². The molecule has 4 heterocycles. The number of aryl methyl sites for hydroxylation is 1. The van der Waals surface area contributed by atoms with Crippen molar-refractivity contribution in [1.82, 2.24) is 24.3 Å². The summed E-state index contributed by atoms with van der Waals surface area (Å²) in [6.45, 7) is 6.07. The van der Waals surface area contributed by atoms with Crippen LogP contribution in [-0.2, 0) is 11.8 Å². The number of piperidine rings is 1. The van der Waals surface area contributed by atoms with Crippen molar-refractivity contribution >= 4 is 34.4 Å². The summed E-state index contributed by atoms with van der Waals surface area (Å²) >= 11 is 6.27. The summed E-state index contributed by atoms with van der Waals surface area (Å²) in [6.07, 6.45) is 2.87. The standard InChI is InChI=1S/C27H29ClN6O3/c1-4-23(36)33-10-9-21(35)20(14-33)34-12-16(13-34)5-8-19-24(17-6-7-18(28)22(11-17)37-3)25-26(29)30-15-31-27(25)32(19)2/h4,6-7,11,15-16,20-21,35H,1,9-10,12-14H2,2-3H3,(H2,29,30,31)/t20-,21-/m1/s1. The first-order valence-corrected chi connectivity index (χ1v) is 12.5. The minimum absolute atomic E-state index is 0.0968. The highest BCUT2D eigenvalue weighted by Crippen LogP contribution is 2.39. The number of benzene rings is 1. The van der Waals surface area contributed by atoms with Crippen LogP contribution in [-0.4, -0.2) is 80.8 Å². The second-order valence-electron chi connectivity index (χ2n) is 9.42. The molecule has 1 aromatic carbocycles. The molecule has 37 heavy (non-hydrogen) atoms. The van der Waals surface area contributed by atoms with Gasteiger partial charge >= 0.3 is 0 Å². The number of aliphatic hydroxyl groups is 1. The molecule has 2 saturated heterocycles. The van der Waals surface area contributed by atoms with Crippen molar-refractivity contribution in [1.29, 1.82) is 0 Å². The number of rotatable bonds is 4. The molecule has 192 valence electrons. The Hall–Kier alpha value is -3.58. The SMILES string of the molecule is C=CC(=O)N1CC[C@@H](O)[C@H](N2CC(C#Cc3c(-c4ccc(Cl)c(OC)c4)c4c(N)ncnc4n3C)C2)C1. The fourth-order valence-electron chi connectivity index (χ4n) is 5.17. The minimum atomic E-state index is -0.464. The summed E-state index contributed by atoms with van der Waals surface area (Å²) in [6, 6.07) is 5.45. The van der Waals surface area contributed by atoms with Gasteiger partial charge in [0.15, 0.2) is 0 Å². The van der Waals surface area contributed by atoms with Gasteiger partial charge in [0.25, 0.3) is 0 Å². The van der Waals surface area contributed by atoms with Crippen LogP contribution in [0.15, 0.2) is 37.2 Å². The molecule has 2 aliphatic rings. The first-order valence-electron chi connectivity index (χ1n) is 12.1. The number of carbonyl (C=O) groups excluding carboxylic acids is 1. The van der Waals surface area contributed by atoms with Gasteiger partial charge in [0.05, 0.1) is 29.7 Å². The van der Waals surface area contributed by atoms with Gasteiger partial charge in [-0.2, -0.15) is 0 Å². The second kappa shape index (κ2) is 10.1. The summed E-state index contributed by atoms with van der Waals surface area (Å²) in [7, 11) is 3.48. The van der Waals surface area contributed by atoms with E-state index in [1.807, 2.05) is 23.7 Å². The predicted octanol–water partition coefficient (Wildman–Crippen LogP) is 2.31. The molecule has 0 aliphatic carbocycles. The molecule has 5 rings (SSSR count). The van der Waals surface area contributed by atoms with Crippen molar-refractivity contribution in [3.63, 3.8) is 0 Å². The van der Waals surface area contributed by atoms with E-state index in [1.165, 1.54) is 12.4 Å². The quantitative estimate of drug-likeness (QED) is 0.401. The molecule has 1 amide bonds. The number of likely N-dealkylation sites (tertiary alicyclic amines) is 2. The topological polar surface area (TPSA) is 110 Å².